The molecule has 4 nitrogen and oxygen atoms in total. The Morgan fingerprint density at radius 3 is 2.69 bits per heavy atom. The summed E-state index contributed by atoms with van der Waals surface area (Å²) in [4.78, 5) is 13.2. The van der Waals surface area contributed by atoms with Crippen LogP contribution < -0.4 is 10.6 Å². The van der Waals surface area contributed by atoms with Gasteiger partial charge in [0.15, 0.2) is 0 Å². The summed E-state index contributed by atoms with van der Waals surface area (Å²) in [6, 6.07) is 5.53. The second kappa shape index (κ2) is 4.04. The second-order valence-electron chi connectivity index (χ2n) is 4.28. The number of hydrogen-bond donors (Lipinski definition) is 2. The van der Waals surface area contributed by atoms with Crippen LogP contribution in [0.2, 0.25) is 0 Å². The molecule has 86 valence electrons. The summed E-state index contributed by atoms with van der Waals surface area (Å²) in [5, 5.41) is 9.13. The van der Waals surface area contributed by atoms with E-state index in [1.165, 1.54) is 12.5 Å². The van der Waals surface area contributed by atoms with Crippen LogP contribution in [0.5, 0.6) is 0 Å². The van der Waals surface area contributed by atoms with E-state index >= 15 is 0 Å². The van der Waals surface area contributed by atoms with Gasteiger partial charge in [0.05, 0.1) is 11.3 Å². The minimum Gasteiger partial charge on any atom is -0.478 e. The molecule has 1 aliphatic carbocycles. The Bertz CT molecular complexity index is 413. The van der Waals surface area contributed by atoms with E-state index < -0.39 is 5.97 Å². The summed E-state index contributed by atoms with van der Waals surface area (Å²) in [5.74, 6) is -0.923. The van der Waals surface area contributed by atoms with Crippen LogP contribution in [0.15, 0.2) is 18.2 Å². The third-order valence-electron chi connectivity index (χ3n) is 3.25. The van der Waals surface area contributed by atoms with Crippen molar-refractivity contribution in [3.05, 3.63) is 23.8 Å². The van der Waals surface area contributed by atoms with Crippen LogP contribution in [0, 0.1) is 0 Å². The molecule has 0 aliphatic heterocycles. The molecule has 0 heterocycles. The van der Waals surface area contributed by atoms with Crippen LogP contribution in [0.3, 0.4) is 0 Å². The van der Waals surface area contributed by atoms with Crippen molar-refractivity contribution in [2.24, 2.45) is 0 Å². The van der Waals surface area contributed by atoms with E-state index in [0.717, 1.165) is 18.5 Å². The molecule has 1 saturated carbocycles. The minimum absolute atomic E-state index is 0.286. The van der Waals surface area contributed by atoms with Gasteiger partial charge in [-0.2, -0.15) is 0 Å². The lowest BCUT2D eigenvalue weighted by Gasteiger charge is -2.37. The average molecular weight is 220 g/mol. The number of hydrogen-bond acceptors (Lipinski definition) is 3. The highest BCUT2D eigenvalue weighted by Gasteiger charge is 2.25. The highest BCUT2D eigenvalue weighted by Crippen LogP contribution is 2.31. The Morgan fingerprint density at radius 2 is 2.19 bits per heavy atom. The first kappa shape index (κ1) is 10.8. The van der Waals surface area contributed by atoms with Crippen LogP contribution in [-0.2, 0) is 0 Å². The van der Waals surface area contributed by atoms with E-state index in [4.69, 9.17) is 10.8 Å². The van der Waals surface area contributed by atoms with Crippen molar-refractivity contribution in [3.8, 4) is 0 Å². The molecule has 0 radical (unpaired) electrons. The largest absolute Gasteiger partial charge is 0.478 e. The van der Waals surface area contributed by atoms with Crippen LogP contribution >= 0.6 is 0 Å². The van der Waals surface area contributed by atoms with Gasteiger partial charge in [-0.15, -0.1) is 0 Å². The molecule has 0 saturated heterocycles. The normalized spacial score (nSPS) is 15.6. The fraction of sp³-hybridized carbons (Fsp3) is 0.417. The van der Waals surface area contributed by atoms with Gasteiger partial charge in [0.25, 0.3) is 0 Å². The monoisotopic (exact) mass is 220 g/mol. The van der Waals surface area contributed by atoms with Crippen molar-refractivity contribution >= 4 is 17.3 Å². The zero-order valence-electron chi connectivity index (χ0n) is 9.31. The Labute approximate surface area is 94.7 Å². The smallest absolute Gasteiger partial charge is 0.337 e. The van der Waals surface area contributed by atoms with Crippen molar-refractivity contribution in [1.29, 1.82) is 0 Å². The number of carbonyl (C=O) groups is 1. The van der Waals surface area contributed by atoms with Crippen LogP contribution in [0.25, 0.3) is 0 Å². The molecule has 0 unspecified atom stereocenters. The van der Waals surface area contributed by atoms with Gasteiger partial charge >= 0.3 is 5.97 Å². The summed E-state index contributed by atoms with van der Waals surface area (Å²) in [5.41, 5.74) is 7.14. The number of rotatable bonds is 3. The highest BCUT2D eigenvalue weighted by molar-refractivity contribution is 5.95. The van der Waals surface area contributed by atoms with Gasteiger partial charge in [0.2, 0.25) is 0 Å². The fourth-order valence-electron chi connectivity index (χ4n) is 2.00. The standard InChI is InChI=1S/C12H16N2O2/c1-14(9-3-2-4-9)11-6-5-8(13)7-10(11)12(15)16/h5-7,9H,2-4,13H2,1H3,(H,15,16). The molecule has 1 aromatic rings. The highest BCUT2D eigenvalue weighted by atomic mass is 16.4. The lowest BCUT2D eigenvalue weighted by atomic mass is 9.91. The number of carboxylic acids is 1. The molecule has 0 bridgehead atoms. The first-order valence-electron chi connectivity index (χ1n) is 5.45. The lowest BCUT2D eigenvalue weighted by Crippen LogP contribution is -2.37. The summed E-state index contributed by atoms with van der Waals surface area (Å²) in [6.07, 6.45) is 3.51. The van der Waals surface area contributed by atoms with Crippen LogP contribution in [0.1, 0.15) is 29.6 Å². The number of benzene rings is 1. The number of nitrogen functional groups attached to an aromatic ring is 1. The summed E-state index contributed by atoms with van der Waals surface area (Å²) in [7, 11) is 1.95. The van der Waals surface area contributed by atoms with Gasteiger partial charge in [-0.05, 0) is 37.5 Å². The molecule has 2 rings (SSSR count). The molecule has 0 aromatic heterocycles. The van der Waals surface area contributed by atoms with E-state index in [-0.39, 0.29) is 5.56 Å². The zero-order chi connectivity index (χ0) is 11.7. The van der Waals surface area contributed by atoms with E-state index in [1.807, 2.05) is 11.9 Å². The maximum absolute atomic E-state index is 11.1. The van der Waals surface area contributed by atoms with E-state index in [0.29, 0.717) is 11.7 Å². The van der Waals surface area contributed by atoms with Crippen LogP contribution in [-0.4, -0.2) is 24.2 Å². The maximum Gasteiger partial charge on any atom is 0.337 e. The molecule has 1 fully saturated rings. The maximum atomic E-state index is 11.1. The molecule has 1 aliphatic rings. The molecule has 3 N–H and O–H groups in total. The first-order chi connectivity index (χ1) is 7.59. The predicted molar refractivity (Wildman–Crippen MR) is 63.9 cm³/mol. The second-order valence-corrected chi connectivity index (χ2v) is 4.28. The van der Waals surface area contributed by atoms with E-state index in [9.17, 15) is 4.79 Å². The molecule has 1 aromatic carbocycles. The van der Waals surface area contributed by atoms with Gasteiger partial charge in [-0.25, -0.2) is 4.79 Å². The molecule has 16 heavy (non-hydrogen) atoms. The quantitative estimate of drug-likeness (QED) is 0.764. The Balaban J connectivity index is 2.34. The third-order valence-corrected chi connectivity index (χ3v) is 3.25. The van der Waals surface area contributed by atoms with Gasteiger partial charge < -0.3 is 15.7 Å². The lowest BCUT2D eigenvalue weighted by molar-refractivity contribution is 0.0697. The summed E-state index contributed by atoms with van der Waals surface area (Å²) < 4.78 is 0. The molecule has 0 spiro atoms. The Morgan fingerprint density at radius 1 is 1.50 bits per heavy atom. The number of nitrogens with two attached hydrogens (primary N) is 1. The SMILES string of the molecule is CN(c1ccc(N)cc1C(=O)O)C1CCC1. The van der Waals surface area contributed by atoms with Crippen LogP contribution in [0.4, 0.5) is 11.4 Å². The summed E-state index contributed by atoms with van der Waals surface area (Å²) in [6.45, 7) is 0. The van der Waals surface area contributed by atoms with Crippen molar-refractivity contribution in [1.82, 2.24) is 0 Å². The van der Waals surface area contributed by atoms with Crippen molar-refractivity contribution in [3.63, 3.8) is 0 Å². The topological polar surface area (TPSA) is 66.6 Å². The predicted octanol–water partition coefficient (Wildman–Crippen LogP) is 1.96. The first-order valence-corrected chi connectivity index (χ1v) is 5.45. The summed E-state index contributed by atoms with van der Waals surface area (Å²) >= 11 is 0. The van der Waals surface area contributed by atoms with E-state index in [2.05, 4.69) is 0 Å². The zero-order valence-corrected chi connectivity index (χ0v) is 9.31. The number of carboxylic acid groups (broad SMARTS) is 1. The third kappa shape index (κ3) is 1.83. The van der Waals surface area contributed by atoms with Gasteiger partial charge in [0, 0.05) is 18.8 Å². The minimum atomic E-state index is -0.923. The number of aromatic carboxylic acids is 1. The van der Waals surface area contributed by atoms with Crippen molar-refractivity contribution in [2.45, 2.75) is 25.3 Å². The van der Waals surface area contributed by atoms with Crippen molar-refractivity contribution < 1.29 is 9.90 Å². The number of anilines is 2. The van der Waals surface area contributed by atoms with Crippen molar-refractivity contribution in [2.75, 3.05) is 17.7 Å². The van der Waals surface area contributed by atoms with E-state index in [1.54, 1.807) is 12.1 Å². The molecule has 0 amide bonds. The molecular weight excluding hydrogens is 204 g/mol. The molecular formula is C12H16N2O2. The van der Waals surface area contributed by atoms with Gasteiger partial charge in [-0.1, -0.05) is 0 Å². The fourth-order valence-corrected chi connectivity index (χ4v) is 2.00. The number of nitrogens with zero attached hydrogens (tertiary/aromatic N) is 1. The Kier molecular flexibility index (Phi) is 2.73. The average Bonchev–Trinajstić information content (AvgIpc) is 2.14. The Hall–Kier alpha value is -1.71. The molecule has 0 atom stereocenters. The van der Waals surface area contributed by atoms with Gasteiger partial charge in [0.1, 0.15) is 0 Å². The molecule has 4 heteroatoms. The van der Waals surface area contributed by atoms with Gasteiger partial charge in [-0.3, -0.25) is 0 Å².